The van der Waals surface area contributed by atoms with E-state index in [-0.39, 0.29) is 0 Å². The summed E-state index contributed by atoms with van der Waals surface area (Å²) in [7, 11) is 2.17. The van der Waals surface area contributed by atoms with Gasteiger partial charge in [-0.2, -0.15) is 0 Å². The van der Waals surface area contributed by atoms with Gasteiger partial charge in [0, 0.05) is 17.6 Å². The highest BCUT2D eigenvalue weighted by Gasteiger charge is 2.05. The summed E-state index contributed by atoms with van der Waals surface area (Å²) >= 11 is 3.61. The second-order valence-corrected chi connectivity index (χ2v) is 5.90. The number of nitrogens with two attached hydrogens (primary N) is 1. The molecule has 96 valence electrons. The molecule has 0 aliphatic heterocycles. The first-order valence-corrected chi connectivity index (χ1v) is 6.98. The Morgan fingerprint density at radius 3 is 2.59 bits per heavy atom. The summed E-state index contributed by atoms with van der Waals surface area (Å²) in [5.41, 5.74) is 8.12. The number of hydrogen-bond acceptors (Lipinski definition) is 2. The Hall–Kier alpha value is -0.380. The van der Waals surface area contributed by atoms with E-state index in [1.807, 2.05) is 0 Å². The molecule has 1 aromatic carbocycles. The lowest BCUT2D eigenvalue weighted by Crippen LogP contribution is -2.20. The van der Waals surface area contributed by atoms with Gasteiger partial charge in [-0.3, -0.25) is 0 Å². The molecule has 1 rings (SSSR count). The molecule has 0 aliphatic carbocycles. The third kappa shape index (κ3) is 5.19. The van der Waals surface area contributed by atoms with Crippen LogP contribution in [0.15, 0.2) is 22.7 Å². The van der Waals surface area contributed by atoms with Gasteiger partial charge in [0.2, 0.25) is 0 Å². The zero-order chi connectivity index (χ0) is 12.8. The quantitative estimate of drug-likeness (QED) is 0.872. The van der Waals surface area contributed by atoms with E-state index in [1.165, 1.54) is 17.5 Å². The Labute approximate surface area is 113 Å². The minimum Gasteiger partial charge on any atom is -0.326 e. The van der Waals surface area contributed by atoms with Crippen molar-refractivity contribution in [3.8, 4) is 0 Å². The number of halogens is 1. The van der Waals surface area contributed by atoms with Gasteiger partial charge < -0.3 is 10.6 Å². The number of nitrogens with zero attached hydrogens (tertiary/aromatic N) is 1. The molecule has 3 heteroatoms. The lowest BCUT2D eigenvalue weighted by molar-refractivity contribution is 0.303. The zero-order valence-electron chi connectivity index (χ0n) is 11.0. The lowest BCUT2D eigenvalue weighted by atomic mass is 10.1. The molecular weight excluding hydrogens is 276 g/mol. The molecule has 0 atom stereocenters. The zero-order valence-corrected chi connectivity index (χ0v) is 12.6. The Bertz CT molecular complexity index is 350. The van der Waals surface area contributed by atoms with E-state index >= 15 is 0 Å². The molecule has 0 aliphatic rings. The van der Waals surface area contributed by atoms with Crippen LogP contribution in [-0.2, 0) is 13.1 Å². The van der Waals surface area contributed by atoms with Crippen LogP contribution in [0.3, 0.4) is 0 Å². The molecule has 0 bridgehead atoms. The molecule has 0 saturated heterocycles. The van der Waals surface area contributed by atoms with Crippen molar-refractivity contribution in [1.29, 1.82) is 0 Å². The standard InChI is InChI=1S/C14H23BrN2/c1-11(2)6-7-17(3)10-13-5-4-12(9-16)8-14(13)15/h4-5,8,11H,6-7,9-10,16H2,1-3H3. The summed E-state index contributed by atoms with van der Waals surface area (Å²) in [5, 5.41) is 0. The van der Waals surface area contributed by atoms with E-state index < -0.39 is 0 Å². The van der Waals surface area contributed by atoms with Crippen LogP contribution in [0.2, 0.25) is 0 Å². The summed E-state index contributed by atoms with van der Waals surface area (Å²) in [6.07, 6.45) is 1.25. The largest absolute Gasteiger partial charge is 0.326 e. The van der Waals surface area contributed by atoms with Crippen LogP contribution in [0.1, 0.15) is 31.4 Å². The normalized spacial score (nSPS) is 11.5. The van der Waals surface area contributed by atoms with Crippen molar-refractivity contribution >= 4 is 15.9 Å². The average molecular weight is 299 g/mol. The topological polar surface area (TPSA) is 29.3 Å². The van der Waals surface area contributed by atoms with Crippen LogP contribution in [0, 0.1) is 5.92 Å². The molecule has 0 spiro atoms. The molecule has 0 radical (unpaired) electrons. The molecule has 0 amide bonds. The van der Waals surface area contributed by atoms with Crippen LogP contribution in [0.4, 0.5) is 0 Å². The van der Waals surface area contributed by atoms with Gasteiger partial charge in [-0.1, -0.05) is 41.9 Å². The Balaban J connectivity index is 2.56. The van der Waals surface area contributed by atoms with Crippen LogP contribution in [0.25, 0.3) is 0 Å². The smallest absolute Gasteiger partial charge is 0.0241 e. The maximum Gasteiger partial charge on any atom is 0.0241 e. The number of benzene rings is 1. The van der Waals surface area contributed by atoms with E-state index in [2.05, 4.69) is 59.9 Å². The molecule has 2 N–H and O–H groups in total. The van der Waals surface area contributed by atoms with Gasteiger partial charge in [-0.15, -0.1) is 0 Å². The first-order chi connectivity index (χ1) is 8.02. The van der Waals surface area contributed by atoms with Crippen molar-refractivity contribution in [2.75, 3.05) is 13.6 Å². The Morgan fingerprint density at radius 2 is 2.06 bits per heavy atom. The van der Waals surface area contributed by atoms with Crippen LogP contribution in [0.5, 0.6) is 0 Å². The van der Waals surface area contributed by atoms with E-state index in [4.69, 9.17) is 5.73 Å². The predicted octanol–water partition coefficient (Wildman–Crippen LogP) is 3.39. The van der Waals surface area contributed by atoms with Gasteiger partial charge in [-0.05, 0) is 43.1 Å². The first kappa shape index (κ1) is 14.7. The fraction of sp³-hybridized carbons (Fsp3) is 0.571. The summed E-state index contributed by atoms with van der Waals surface area (Å²) in [6.45, 7) is 7.25. The van der Waals surface area contributed by atoms with Crippen molar-refractivity contribution in [1.82, 2.24) is 4.90 Å². The average Bonchev–Trinajstić information content (AvgIpc) is 2.29. The monoisotopic (exact) mass is 298 g/mol. The predicted molar refractivity (Wildman–Crippen MR) is 77.8 cm³/mol. The first-order valence-electron chi connectivity index (χ1n) is 6.18. The second-order valence-electron chi connectivity index (χ2n) is 5.05. The molecule has 1 aromatic rings. The minimum absolute atomic E-state index is 0.599. The Kier molecular flexibility index (Phi) is 6.17. The minimum atomic E-state index is 0.599. The van der Waals surface area contributed by atoms with E-state index in [1.54, 1.807) is 0 Å². The highest BCUT2D eigenvalue weighted by atomic mass is 79.9. The number of rotatable bonds is 6. The summed E-state index contributed by atoms with van der Waals surface area (Å²) in [5.74, 6) is 0.764. The van der Waals surface area contributed by atoms with E-state index in [0.29, 0.717) is 6.54 Å². The summed E-state index contributed by atoms with van der Waals surface area (Å²) in [4.78, 5) is 2.36. The van der Waals surface area contributed by atoms with E-state index in [9.17, 15) is 0 Å². The van der Waals surface area contributed by atoms with Crippen molar-refractivity contribution in [3.63, 3.8) is 0 Å². The van der Waals surface area contributed by atoms with Gasteiger partial charge >= 0.3 is 0 Å². The molecule has 2 nitrogen and oxygen atoms in total. The van der Waals surface area contributed by atoms with Crippen LogP contribution in [-0.4, -0.2) is 18.5 Å². The van der Waals surface area contributed by atoms with E-state index in [0.717, 1.165) is 23.5 Å². The summed E-state index contributed by atoms with van der Waals surface area (Å²) < 4.78 is 1.16. The van der Waals surface area contributed by atoms with Crippen molar-refractivity contribution in [2.24, 2.45) is 11.7 Å². The fourth-order valence-electron chi connectivity index (χ4n) is 1.69. The molecule has 17 heavy (non-hydrogen) atoms. The van der Waals surface area contributed by atoms with Gasteiger partial charge in [0.15, 0.2) is 0 Å². The molecule has 0 heterocycles. The molecule has 0 aromatic heterocycles. The molecule has 0 saturated carbocycles. The maximum absolute atomic E-state index is 5.62. The van der Waals surface area contributed by atoms with Gasteiger partial charge in [0.05, 0.1) is 0 Å². The molecule has 0 unspecified atom stereocenters. The highest BCUT2D eigenvalue weighted by Crippen LogP contribution is 2.20. The third-order valence-electron chi connectivity index (χ3n) is 2.88. The van der Waals surface area contributed by atoms with Gasteiger partial charge in [0.1, 0.15) is 0 Å². The number of hydrogen-bond donors (Lipinski definition) is 1. The SMILES string of the molecule is CC(C)CCN(C)Cc1ccc(CN)cc1Br. The van der Waals surface area contributed by atoms with Crippen molar-refractivity contribution in [2.45, 2.75) is 33.4 Å². The lowest BCUT2D eigenvalue weighted by Gasteiger charge is -2.19. The summed E-state index contributed by atoms with van der Waals surface area (Å²) in [6, 6.07) is 6.39. The van der Waals surface area contributed by atoms with Gasteiger partial charge in [-0.25, -0.2) is 0 Å². The molecular formula is C14H23BrN2. The third-order valence-corrected chi connectivity index (χ3v) is 3.62. The van der Waals surface area contributed by atoms with Crippen LogP contribution >= 0.6 is 15.9 Å². The maximum atomic E-state index is 5.62. The van der Waals surface area contributed by atoms with Gasteiger partial charge in [0.25, 0.3) is 0 Å². The van der Waals surface area contributed by atoms with Crippen LogP contribution < -0.4 is 5.73 Å². The second kappa shape index (κ2) is 7.14. The Morgan fingerprint density at radius 1 is 1.35 bits per heavy atom. The van der Waals surface area contributed by atoms with Crippen molar-refractivity contribution in [3.05, 3.63) is 33.8 Å². The fourth-order valence-corrected chi connectivity index (χ4v) is 2.25. The highest BCUT2D eigenvalue weighted by molar-refractivity contribution is 9.10. The van der Waals surface area contributed by atoms with Crippen molar-refractivity contribution < 1.29 is 0 Å². The molecule has 0 fully saturated rings.